The van der Waals surface area contributed by atoms with Gasteiger partial charge in [0, 0.05) is 70.0 Å². The van der Waals surface area contributed by atoms with Crippen LogP contribution in [-0.4, -0.2) is 97.5 Å². The number of benzene rings is 2. The number of rotatable bonds is 8. The number of piperidine rings is 2. The van der Waals surface area contributed by atoms with Gasteiger partial charge in [0.25, 0.3) is 5.91 Å². The van der Waals surface area contributed by atoms with E-state index in [0.29, 0.717) is 24.6 Å². The molecule has 0 aliphatic carbocycles. The number of hydrogen-bond donors (Lipinski definition) is 1. The van der Waals surface area contributed by atoms with Crippen LogP contribution in [0.3, 0.4) is 0 Å². The lowest BCUT2D eigenvalue weighted by atomic mass is 10.0. The van der Waals surface area contributed by atoms with Crippen LogP contribution in [0.4, 0.5) is 5.69 Å². The van der Waals surface area contributed by atoms with Crippen LogP contribution in [0.2, 0.25) is 0 Å². The highest BCUT2D eigenvalue weighted by Gasteiger charge is 2.39. The van der Waals surface area contributed by atoms with Crippen LogP contribution in [0.25, 0.3) is 0 Å². The molecule has 9 nitrogen and oxygen atoms in total. The zero-order valence-corrected chi connectivity index (χ0v) is 24.0. The Balaban J connectivity index is 0.963. The Hall–Kier alpha value is -3.27. The molecule has 1 atom stereocenters. The van der Waals surface area contributed by atoms with Gasteiger partial charge >= 0.3 is 0 Å². The van der Waals surface area contributed by atoms with Gasteiger partial charge in [-0.3, -0.25) is 24.6 Å². The first-order valence-electron chi connectivity index (χ1n) is 15.1. The first-order valence-corrected chi connectivity index (χ1v) is 15.1. The van der Waals surface area contributed by atoms with Gasteiger partial charge in [0.1, 0.15) is 6.04 Å². The number of amides is 3. The van der Waals surface area contributed by atoms with E-state index in [4.69, 9.17) is 4.74 Å². The molecule has 0 bridgehead atoms. The summed E-state index contributed by atoms with van der Waals surface area (Å²) >= 11 is 0. The normalized spacial score (nSPS) is 22.8. The number of carbonyl (C=O) groups excluding carboxylic acids is 3. The minimum Gasteiger partial charge on any atom is -0.378 e. The van der Waals surface area contributed by atoms with Crippen molar-refractivity contribution in [1.29, 1.82) is 0 Å². The number of hydrogen-bond acceptors (Lipinski definition) is 7. The van der Waals surface area contributed by atoms with E-state index in [0.717, 1.165) is 82.9 Å². The van der Waals surface area contributed by atoms with Gasteiger partial charge in [-0.2, -0.15) is 0 Å². The second-order valence-corrected chi connectivity index (χ2v) is 11.9. The lowest BCUT2D eigenvalue weighted by molar-refractivity contribution is -0.136. The summed E-state index contributed by atoms with van der Waals surface area (Å²) in [6, 6.07) is 14.4. The fourth-order valence-electron chi connectivity index (χ4n) is 6.49. The molecule has 41 heavy (non-hydrogen) atoms. The van der Waals surface area contributed by atoms with Crippen molar-refractivity contribution in [1.82, 2.24) is 20.0 Å². The molecule has 4 aliphatic rings. The maximum atomic E-state index is 13.0. The SMILES string of the molecule is CN1CCC(OCCc2ccc(CN3CCN(c4ccc5c(c4)CN(C4CCC(=O)NC4=O)C5=O)CC3)cc2)CC1. The van der Waals surface area contributed by atoms with E-state index in [1.54, 1.807) is 4.90 Å². The molecule has 9 heteroatoms. The third-order valence-electron chi connectivity index (χ3n) is 9.08. The minimum atomic E-state index is -0.578. The molecule has 3 amide bonds. The summed E-state index contributed by atoms with van der Waals surface area (Å²) in [4.78, 5) is 45.7. The summed E-state index contributed by atoms with van der Waals surface area (Å²) in [5, 5.41) is 2.37. The quantitative estimate of drug-likeness (QED) is 0.498. The van der Waals surface area contributed by atoms with E-state index in [1.807, 2.05) is 12.1 Å². The monoisotopic (exact) mass is 559 g/mol. The minimum absolute atomic E-state index is 0.123. The molecule has 2 aromatic rings. The smallest absolute Gasteiger partial charge is 0.255 e. The Kier molecular flexibility index (Phi) is 8.37. The highest BCUT2D eigenvalue weighted by Crippen LogP contribution is 2.31. The fraction of sp³-hybridized carbons (Fsp3) is 0.531. The molecule has 4 heterocycles. The van der Waals surface area contributed by atoms with Crippen LogP contribution >= 0.6 is 0 Å². The number of carbonyl (C=O) groups is 3. The van der Waals surface area contributed by atoms with Crippen LogP contribution in [0, 0.1) is 0 Å². The second-order valence-electron chi connectivity index (χ2n) is 11.9. The fourth-order valence-corrected chi connectivity index (χ4v) is 6.49. The van der Waals surface area contributed by atoms with Crippen molar-refractivity contribution < 1.29 is 19.1 Å². The van der Waals surface area contributed by atoms with Gasteiger partial charge in [-0.25, -0.2) is 0 Å². The van der Waals surface area contributed by atoms with E-state index in [1.165, 1.54) is 11.1 Å². The van der Waals surface area contributed by atoms with Crippen molar-refractivity contribution in [2.24, 2.45) is 0 Å². The van der Waals surface area contributed by atoms with Crippen LogP contribution in [0.5, 0.6) is 0 Å². The third kappa shape index (κ3) is 6.47. The highest BCUT2D eigenvalue weighted by molar-refractivity contribution is 6.05. The van der Waals surface area contributed by atoms with E-state index in [9.17, 15) is 14.4 Å². The number of nitrogens with zero attached hydrogens (tertiary/aromatic N) is 4. The van der Waals surface area contributed by atoms with Gasteiger partial charge in [0.15, 0.2) is 0 Å². The van der Waals surface area contributed by atoms with Crippen molar-refractivity contribution >= 4 is 23.4 Å². The van der Waals surface area contributed by atoms with Crippen LogP contribution in [0.1, 0.15) is 52.7 Å². The predicted molar refractivity (Wildman–Crippen MR) is 157 cm³/mol. The standard InChI is InChI=1S/C32H41N5O4/c1-34-13-10-27(11-14-34)41-19-12-23-2-4-24(5-3-23)21-35-15-17-36(18-16-35)26-6-7-28-25(20-26)22-37(32(28)40)29-8-9-30(38)33-31(29)39/h2-7,20,27,29H,8-19,21-22H2,1H3,(H,33,38,39). The number of piperazine rings is 1. The summed E-state index contributed by atoms with van der Waals surface area (Å²) < 4.78 is 6.12. The molecule has 0 radical (unpaired) electrons. The molecule has 4 aliphatic heterocycles. The van der Waals surface area contributed by atoms with Crippen molar-refractivity contribution in [3.8, 4) is 0 Å². The molecule has 218 valence electrons. The van der Waals surface area contributed by atoms with Crippen molar-refractivity contribution in [3.05, 3.63) is 64.7 Å². The number of likely N-dealkylation sites (tertiary alicyclic amines) is 1. The number of ether oxygens (including phenoxy) is 1. The van der Waals surface area contributed by atoms with Crippen molar-refractivity contribution in [2.45, 2.75) is 57.3 Å². The Labute approximate surface area is 242 Å². The molecule has 6 rings (SSSR count). The Bertz CT molecular complexity index is 1270. The zero-order chi connectivity index (χ0) is 28.3. The molecule has 0 saturated carbocycles. The van der Waals surface area contributed by atoms with Gasteiger partial charge in [-0.15, -0.1) is 0 Å². The molecule has 3 saturated heterocycles. The number of anilines is 1. The van der Waals surface area contributed by atoms with Crippen LogP contribution < -0.4 is 10.2 Å². The van der Waals surface area contributed by atoms with Gasteiger partial charge in [0.05, 0.1) is 12.7 Å². The number of nitrogens with one attached hydrogen (secondary N) is 1. The summed E-state index contributed by atoms with van der Waals surface area (Å²) in [6.45, 7) is 8.22. The lowest BCUT2D eigenvalue weighted by Crippen LogP contribution is -2.52. The molecule has 2 aromatic carbocycles. The van der Waals surface area contributed by atoms with E-state index in [2.05, 4.69) is 57.4 Å². The molecule has 1 unspecified atom stereocenters. The topological polar surface area (TPSA) is 85.4 Å². The molecular formula is C32H41N5O4. The zero-order valence-electron chi connectivity index (χ0n) is 24.0. The predicted octanol–water partition coefficient (Wildman–Crippen LogP) is 2.42. The molecule has 0 aromatic heterocycles. The maximum Gasteiger partial charge on any atom is 0.255 e. The Morgan fingerprint density at radius 1 is 0.878 bits per heavy atom. The number of imide groups is 1. The molecule has 3 fully saturated rings. The highest BCUT2D eigenvalue weighted by atomic mass is 16.5. The van der Waals surface area contributed by atoms with Gasteiger partial charge in [-0.05, 0) is 67.6 Å². The van der Waals surface area contributed by atoms with Crippen LogP contribution in [-0.2, 0) is 33.8 Å². The van der Waals surface area contributed by atoms with E-state index >= 15 is 0 Å². The Morgan fingerprint density at radius 2 is 1.61 bits per heavy atom. The molecule has 0 spiro atoms. The number of fused-ring (bicyclic) bond motifs is 1. The van der Waals surface area contributed by atoms with Gasteiger partial charge in [0.2, 0.25) is 11.8 Å². The lowest BCUT2D eigenvalue weighted by Gasteiger charge is -2.36. The largest absolute Gasteiger partial charge is 0.378 e. The van der Waals surface area contributed by atoms with Crippen LogP contribution in [0.15, 0.2) is 42.5 Å². The third-order valence-corrected chi connectivity index (χ3v) is 9.08. The first-order chi connectivity index (χ1) is 19.9. The van der Waals surface area contributed by atoms with E-state index in [-0.39, 0.29) is 24.1 Å². The van der Waals surface area contributed by atoms with Gasteiger partial charge < -0.3 is 19.4 Å². The summed E-state index contributed by atoms with van der Waals surface area (Å²) in [5.74, 6) is -0.760. The molecular weight excluding hydrogens is 518 g/mol. The Morgan fingerprint density at radius 3 is 2.34 bits per heavy atom. The molecule has 1 N–H and O–H groups in total. The summed E-state index contributed by atoms with van der Waals surface area (Å²) in [6.07, 6.45) is 4.30. The van der Waals surface area contributed by atoms with Crippen molar-refractivity contribution in [3.63, 3.8) is 0 Å². The average Bonchev–Trinajstić information content (AvgIpc) is 3.30. The van der Waals surface area contributed by atoms with Gasteiger partial charge in [-0.1, -0.05) is 24.3 Å². The average molecular weight is 560 g/mol. The first kappa shape index (κ1) is 27.9. The summed E-state index contributed by atoms with van der Waals surface area (Å²) in [7, 11) is 2.18. The maximum absolute atomic E-state index is 13.0. The van der Waals surface area contributed by atoms with E-state index < -0.39 is 6.04 Å². The second kappa shape index (κ2) is 12.3. The summed E-state index contributed by atoms with van der Waals surface area (Å²) in [5.41, 5.74) is 5.40. The van der Waals surface area contributed by atoms with Crippen molar-refractivity contribution in [2.75, 3.05) is 57.8 Å².